The van der Waals surface area contributed by atoms with Gasteiger partial charge in [-0.05, 0) is 6.07 Å². The van der Waals surface area contributed by atoms with Gasteiger partial charge in [0.2, 0.25) is 0 Å². The smallest absolute Gasteiger partial charge is 0.181 e. The summed E-state index contributed by atoms with van der Waals surface area (Å²) in [6, 6.07) is 8.12. The minimum atomic E-state index is 0.863. The van der Waals surface area contributed by atoms with Crippen LogP contribution in [0.3, 0.4) is 0 Å². The van der Waals surface area contributed by atoms with Gasteiger partial charge >= 0.3 is 0 Å². The van der Waals surface area contributed by atoms with Crippen LogP contribution in [-0.4, -0.2) is 9.97 Å². The quantitative estimate of drug-likeness (QED) is 0.631. The van der Waals surface area contributed by atoms with Crippen molar-refractivity contribution in [3.05, 3.63) is 43.1 Å². The first-order valence-electron chi connectivity index (χ1n) is 4.40. The number of oxazole rings is 1. The maximum Gasteiger partial charge on any atom is 0.181 e. The summed E-state index contributed by atoms with van der Waals surface area (Å²) in [5.41, 5.74) is 3.06. The van der Waals surface area contributed by atoms with Crippen LogP contribution >= 0.6 is 0 Å². The average Bonchev–Trinajstić information content (AvgIpc) is 2.85. The van der Waals surface area contributed by atoms with E-state index in [2.05, 4.69) is 16.0 Å². The Labute approximate surface area is 80.4 Å². The molecule has 2 heterocycles. The van der Waals surface area contributed by atoms with Gasteiger partial charge in [0.15, 0.2) is 6.39 Å². The Morgan fingerprint density at radius 2 is 2.14 bits per heavy atom. The first kappa shape index (κ1) is 7.38. The van der Waals surface area contributed by atoms with E-state index in [9.17, 15) is 0 Å². The van der Waals surface area contributed by atoms with Crippen LogP contribution in [0.2, 0.25) is 0 Å². The van der Waals surface area contributed by atoms with Crippen LogP contribution < -0.4 is 0 Å². The van der Waals surface area contributed by atoms with Crippen LogP contribution in [0.15, 0.2) is 47.5 Å². The van der Waals surface area contributed by atoms with Gasteiger partial charge in [0.1, 0.15) is 12.0 Å². The van der Waals surface area contributed by atoms with Gasteiger partial charge in [0, 0.05) is 22.7 Å². The predicted octanol–water partition coefficient (Wildman–Crippen LogP) is 2.82. The molecule has 3 aromatic rings. The third-order valence-electron chi connectivity index (χ3n) is 2.30. The molecule has 0 aliphatic rings. The Balaban J connectivity index is 2.33. The molecule has 0 spiro atoms. The highest BCUT2D eigenvalue weighted by molar-refractivity contribution is 5.94. The number of fused-ring (bicyclic) bond motifs is 1. The Morgan fingerprint density at radius 3 is 3.00 bits per heavy atom. The molecule has 0 atom stereocenters. The normalized spacial score (nSPS) is 10.9. The molecule has 1 N–H and O–H groups in total. The van der Waals surface area contributed by atoms with Crippen LogP contribution in [0.25, 0.3) is 22.2 Å². The molecule has 0 aliphatic heterocycles. The van der Waals surface area contributed by atoms with E-state index in [0.29, 0.717) is 0 Å². The summed E-state index contributed by atoms with van der Waals surface area (Å²) < 4.78 is 4.96. The molecule has 0 radical (unpaired) electrons. The van der Waals surface area contributed by atoms with Gasteiger partial charge in [-0.3, -0.25) is 0 Å². The summed E-state index contributed by atoms with van der Waals surface area (Å²) >= 11 is 0. The summed E-state index contributed by atoms with van der Waals surface area (Å²) in [4.78, 5) is 7.32. The Bertz CT molecular complexity index is 551. The highest BCUT2D eigenvalue weighted by atomic mass is 16.3. The number of benzene rings is 1. The topological polar surface area (TPSA) is 41.8 Å². The number of H-pyrrole nitrogens is 1. The molecule has 3 heteroatoms. The molecule has 3 nitrogen and oxygen atoms in total. The van der Waals surface area contributed by atoms with Crippen molar-refractivity contribution in [2.24, 2.45) is 0 Å². The number of nitrogens with zero attached hydrogens (tertiary/aromatic N) is 1. The largest absolute Gasteiger partial charge is 0.451 e. The molecular formula is C11H8N2O. The number of hydrogen-bond acceptors (Lipinski definition) is 2. The third-order valence-corrected chi connectivity index (χ3v) is 2.30. The van der Waals surface area contributed by atoms with Crippen molar-refractivity contribution in [1.29, 1.82) is 0 Å². The summed E-state index contributed by atoms with van der Waals surface area (Å²) in [6.07, 6.45) is 5.04. The van der Waals surface area contributed by atoms with E-state index in [1.54, 1.807) is 6.26 Å². The molecule has 0 aliphatic carbocycles. The number of para-hydroxylation sites is 1. The molecule has 0 saturated heterocycles. The lowest BCUT2D eigenvalue weighted by atomic mass is 10.1. The summed E-state index contributed by atoms with van der Waals surface area (Å²) in [5.74, 6) is 0. The fourth-order valence-corrected chi connectivity index (χ4v) is 1.63. The van der Waals surface area contributed by atoms with Crippen molar-refractivity contribution in [3.63, 3.8) is 0 Å². The predicted molar refractivity (Wildman–Crippen MR) is 53.8 cm³/mol. The summed E-state index contributed by atoms with van der Waals surface area (Å²) in [6.45, 7) is 0. The first-order chi connectivity index (χ1) is 6.95. The minimum Gasteiger partial charge on any atom is -0.451 e. The van der Waals surface area contributed by atoms with E-state index in [1.807, 2.05) is 24.4 Å². The van der Waals surface area contributed by atoms with Crippen LogP contribution in [-0.2, 0) is 0 Å². The molecule has 0 amide bonds. The zero-order valence-electron chi connectivity index (χ0n) is 7.40. The number of aromatic nitrogens is 2. The summed E-state index contributed by atoms with van der Waals surface area (Å²) in [7, 11) is 0. The van der Waals surface area contributed by atoms with Gasteiger partial charge in [-0.1, -0.05) is 18.2 Å². The van der Waals surface area contributed by atoms with Gasteiger partial charge in [0.05, 0.1) is 0 Å². The Hall–Kier alpha value is -2.03. The van der Waals surface area contributed by atoms with Gasteiger partial charge in [-0.25, -0.2) is 4.98 Å². The van der Waals surface area contributed by atoms with Crippen molar-refractivity contribution in [2.45, 2.75) is 0 Å². The molecule has 0 saturated carbocycles. The molecule has 68 valence electrons. The highest BCUT2D eigenvalue weighted by Crippen LogP contribution is 2.26. The van der Waals surface area contributed by atoms with Gasteiger partial charge < -0.3 is 9.40 Å². The van der Waals surface area contributed by atoms with Crippen molar-refractivity contribution < 1.29 is 4.42 Å². The highest BCUT2D eigenvalue weighted by Gasteiger charge is 2.06. The summed E-state index contributed by atoms with van der Waals surface area (Å²) in [5, 5.41) is 1.17. The zero-order chi connectivity index (χ0) is 9.38. The fraction of sp³-hybridized carbons (Fsp3) is 0. The maximum atomic E-state index is 4.96. The lowest BCUT2D eigenvalue weighted by molar-refractivity contribution is 0.558. The molecule has 0 fully saturated rings. The minimum absolute atomic E-state index is 0.863. The molecule has 14 heavy (non-hydrogen) atoms. The van der Waals surface area contributed by atoms with Crippen molar-refractivity contribution >= 4 is 10.9 Å². The van der Waals surface area contributed by atoms with Gasteiger partial charge in [-0.15, -0.1) is 0 Å². The second kappa shape index (κ2) is 2.73. The molecule has 0 unspecified atom stereocenters. The molecule has 3 rings (SSSR count). The van der Waals surface area contributed by atoms with Crippen molar-refractivity contribution in [1.82, 2.24) is 9.97 Å². The van der Waals surface area contributed by atoms with Crippen LogP contribution in [0.1, 0.15) is 0 Å². The van der Waals surface area contributed by atoms with E-state index in [1.165, 1.54) is 11.8 Å². The molecular weight excluding hydrogens is 176 g/mol. The van der Waals surface area contributed by atoms with Crippen molar-refractivity contribution in [2.75, 3.05) is 0 Å². The number of hydrogen-bond donors (Lipinski definition) is 1. The van der Waals surface area contributed by atoms with E-state index in [0.717, 1.165) is 16.8 Å². The SMILES string of the molecule is c1ccc2c(-c3cocn3)c[nH]c2c1. The molecule has 2 aromatic heterocycles. The Kier molecular flexibility index (Phi) is 1.44. The standard InChI is InChI=1S/C11H8N2O/c1-2-4-10-8(3-1)9(5-12-10)11-6-14-7-13-11/h1-7,12H. The number of aromatic amines is 1. The Morgan fingerprint density at radius 1 is 1.21 bits per heavy atom. The van der Waals surface area contributed by atoms with Gasteiger partial charge in [-0.2, -0.15) is 0 Å². The van der Waals surface area contributed by atoms with Crippen LogP contribution in [0, 0.1) is 0 Å². The van der Waals surface area contributed by atoms with Gasteiger partial charge in [0.25, 0.3) is 0 Å². The average molecular weight is 184 g/mol. The molecule has 0 bridgehead atoms. The van der Waals surface area contributed by atoms with E-state index in [4.69, 9.17) is 4.42 Å². The number of rotatable bonds is 1. The van der Waals surface area contributed by atoms with Crippen LogP contribution in [0.5, 0.6) is 0 Å². The second-order valence-corrected chi connectivity index (χ2v) is 3.12. The lowest BCUT2D eigenvalue weighted by Gasteiger charge is -1.91. The second-order valence-electron chi connectivity index (χ2n) is 3.12. The monoisotopic (exact) mass is 184 g/mol. The van der Waals surface area contributed by atoms with Crippen LogP contribution in [0.4, 0.5) is 0 Å². The maximum absolute atomic E-state index is 4.96. The van der Waals surface area contributed by atoms with E-state index in [-0.39, 0.29) is 0 Å². The first-order valence-corrected chi connectivity index (χ1v) is 4.40. The third kappa shape index (κ3) is 0.956. The lowest BCUT2D eigenvalue weighted by Crippen LogP contribution is -1.72. The number of nitrogens with one attached hydrogen (secondary N) is 1. The zero-order valence-corrected chi connectivity index (χ0v) is 7.40. The van der Waals surface area contributed by atoms with E-state index >= 15 is 0 Å². The van der Waals surface area contributed by atoms with Crippen molar-refractivity contribution in [3.8, 4) is 11.3 Å². The fourth-order valence-electron chi connectivity index (χ4n) is 1.63. The molecule has 1 aromatic carbocycles. The van der Waals surface area contributed by atoms with E-state index < -0.39 is 0 Å².